The molecule has 184 valence electrons. The summed E-state index contributed by atoms with van der Waals surface area (Å²) in [4.78, 5) is 29.3. The van der Waals surface area contributed by atoms with E-state index < -0.39 is 19.1 Å². The predicted molar refractivity (Wildman–Crippen MR) is 121 cm³/mol. The number of nitrogens with zero attached hydrogens (tertiary/aromatic N) is 2. The number of carbonyl (C=O) groups excluding carboxylic acids is 2. The van der Waals surface area contributed by atoms with Gasteiger partial charge in [-0.1, -0.05) is 13.0 Å². The Morgan fingerprint density at radius 1 is 1.15 bits per heavy atom. The molecule has 0 radical (unpaired) electrons. The summed E-state index contributed by atoms with van der Waals surface area (Å²) in [6.45, 7) is 4.99. The number of hydrogen-bond acceptors (Lipinski definition) is 5. The number of likely N-dealkylation sites (tertiary alicyclic amines) is 1. The molecule has 34 heavy (non-hydrogen) atoms. The highest BCUT2D eigenvalue weighted by atomic mass is 19.3. The molecule has 2 amide bonds. The number of amides is 2. The van der Waals surface area contributed by atoms with E-state index in [2.05, 4.69) is 16.8 Å². The van der Waals surface area contributed by atoms with Gasteiger partial charge in [-0.2, -0.15) is 0 Å². The Balaban J connectivity index is 1.22. The number of rotatable bonds is 7. The van der Waals surface area contributed by atoms with Gasteiger partial charge in [0, 0.05) is 36.9 Å². The lowest BCUT2D eigenvalue weighted by Gasteiger charge is -2.48. The van der Waals surface area contributed by atoms with Crippen molar-refractivity contribution in [3.63, 3.8) is 0 Å². The first-order chi connectivity index (χ1) is 16.4. The molecule has 4 aliphatic rings. The third-order valence-corrected chi connectivity index (χ3v) is 7.37. The van der Waals surface area contributed by atoms with Crippen molar-refractivity contribution in [2.45, 2.75) is 75.8 Å². The molecule has 5 rings (SSSR count). The van der Waals surface area contributed by atoms with Gasteiger partial charge in [-0.3, -0.25) is 14.5 Å². The molecule has 1 aromatic rings. The molecule has 3 fully saturated rings. The average molecular weight is 476 g/mol. The molecule has 0 bridgehead atoms. The third-order valence-electron chi connectivity index (χ3n) is 7.37. The van der Waals surface area contributed by atoms with Crippen LogP contribution in [-0.4, -0.2) is 72.0 Å². The van der Waals surface area contributed by atoms with E-state index in [9.17, 15) is 18.4 Å². The molecule has 1 unspecified atom stereocenters. The highest BCUT2D eigenvalue weighted by Crippen LogP contribution is 2.34. The van der Waals surface area contributed by atoms with Gasteiger partial charge in [-0.15, -0.1) is 0 Å². The number of halogens is 2. The Morgan fingerprint density at radius 2 is 1.94 bits per heavy atom. The highest BCUT2D eigenvalue weighted by Gasteiger charge is 2.40. The van der Waals surface area contributed by atoms with Crippen LogP contribution in [0.4, 0.5) is 8.78 Å². The normalized spacial score (nSPS) is 28.1. The topological polar surface area (TPSA) is 71.1 Å². The molecule has 3 atom stereocenters. The van der Waals surface area contributed by atoms with Crippen LogP contribution in [0.3, 0.4) is 0 Å². The van der Waals surface area contributed by atoms with Gasteiger partial charge in [0.05, 0.1) is 6.10 Å². The van der Waals surface area contributed by atoms with Gasteiger partial charge in [0.25, 0.3) is 12.3 Å². The summed E-state index contributed by atoms with van der Waals surface area (Å²) in [6, 6.07) is 5.29. The Hall–Kier alpha value is -2.52. The largest absolute Gasteiger partial charge is 0.489 e. The Morgan fingerprint density at radius 3 is 2.71 bits per heavy atom. The molecule has 1 aliphatic carbocycles. The molecule has 2 saturated heterocycles. The van der Waals surface area contributed by atoms with E-state index in [4.69, 9.17) is 9.47 Å². The van der Waals surface area contributed by atoms with E-state index in [1.54, 1.807) is 11.0 Å². The maximum absolute atomic E-state index is 13.0. The number of carbonyl (C=O) groups is 2. The number of allylic oxidation sites excluding steroid dienone is 1. The number of alkyl halides is 2. The van der Waals surface area contributed by atoms with E-state index in [1.807, 2.05) is 12.1 Å². The minimum atomic E-state index is -2.44. The maximum Gasteiger partial charge on any atom is 0.261 e. The van der Waals surface area contributed by atoms with E-state index >= 15 is 0 Å². The Labute approximate surface area is 198 Å². The summed E-state index contributed by atoms with van der Waals surface area (Å²) >= 11 is 0. The fraction of sp³-hybridized carbons (Fsp3) is 0.600. The van der Waals surface area contributed by atoms with Crippen molar-refractivity contribution < 1.29 is 27.8 Å². The fourth-order valence-corrected chi connectivity index (χ4v) is 5.57. The molecule has 1 saturated carbocycles. The first-order valence-corrected chi connectivity index (χ1v) is 12.1. The molecule has 1 N–H and O–H groups in total. The van der Waals surface area contributed by atoms with Crippen molar-refractivity contribution in [3.8, 4) is 5.75 Å². The van der Waals surface area contributed by atoms with E-state index in [1.165, 1.54) is 0 Å². The second-order valence-corrected chi connectivity index (χ2v) is 9.71. The molecular formula is C25H31F2N3O4. The van der Waals surface area contributed by atoms with Crippen molar-refractivity contribution in [1.29, 1.82) is 0 Å². The van der Waals surface area contributed by atoms with Gasteiger partial charge in [-0.05, 0) is 55.9 Å². The molecule has 0 aromatic heterocycles. The maximum atomic E-state index is 13.0. The first kappa shape index (κ1) is 23.2. The SMILES string of the molecule is C=C1CCC(N2Cc3cc(O[C@H]4CCCC[C@@H]4N4CC(OCC(F)F)C4)ccc3C2=O)C(=O)N1. The van der Waals surface area contributed by atoms with Crippen LogP contribution in [-0.2, 0) is 16.1 Å². The highest BCUT2D eigenvalue weighted by molar-refractivity contribution is 6.01. The van der Waals surface area contributed by atoms with Gasteiger partial charge in [0.1, 0.15) is 24.5 Å². The van der Waals surface area contributed by atoms with Gasteiger partial charge in [0.2, 0.25) is 5.91 Å². The molecule has 0 spiro atoms. The lowest BCUT2D eigenvalue weighted by atomic mass is 9.89. The van der Waals surface area contributed by atoms with Crippen molar-refractivity contribution in [1.82, 2.24) is 15.1 Å². The molecule has 1 aromatic carbocycles. The van der Waals surface area contributed by atoms with E-state index in [0.717, 1.165) is 37.0 Å². The molecule has 9 heteroatoms. The van der Waals surface area contributed by atoms with Crippen molar-refractivity contribution in [2.75, 3.05) is 19.7 Å². The minimum Gasteiger partial charge on any atom is -0.489 e. The first-order valence-electron chi connectivity index (χ1n) is 12.1. The van der Waals surface area contributed by atoms with Crippen LogP contribution in [0, 0.1) is 0 Å². The summed E-state index contributed by atoms with van der Waals surface area (Å²) < 4.78 is 36.4. The van der Waals surface area contributed by atoms with Gasteiger partial charge >= 0.3 is 0 Å². The average Bonchev–Trinajstić information content (AvgIpc) is 3.09. The lowest BCUT2D eigenvalue weighted by Crippen LogP contribution is -2.61. The van der Waals surface area contributed by atoms with Crippen molar-refractivity contribution in [3.05, 3.63) is 41.6 Å². The third kappa shape index (κ3) is 4.68. The van der Waals surface area contributed by atoms with Crippen LogP contribution in [0.5, 0.6) is 5.75 Å². The second kappa shape index (κ2) is 9.62. The number of benzene rings is 1. The number of ether oxygens (including phenoxy) is 2. The Kier molecular flexibility index (Phi) is 6.57. The van der Waals surface area contributed by atoms with Crippen LogP contribution in [0.2, 0.25) is 0 Å². The number of nitrogens with one attached hydrogen (secondary N) is 1. The van der Waals surface area contributed by atoms with E-state index in [-0.39, 0.29) is 30.1 Å². The molecular weight excluding hydrogens is 444 g/mol. The number of hydrogen-bond donors (Lipinski definition) is 1. The summed E-state index contributed by atoms with van der Waals surface area (Å²) in [5.74, 6) is 0.419. The van der Waals surface area contributed by atoms with Crippen molar-refractivity contribution >= 4 is 11.8 Å². The standard InChI is InChI=1S/C25H31F2N3O4/c1-15-6-9-21(24(31)28-15)30-11-16-10-17(7-8-19(16)25(30)32)34-22-5-3-2-4-20(22)29-12-18(13-29)33-14-23(26)27/h7-8,10,18,20-23H,1-6,9,11-14H2,(H,28,31)/t20-,21?,22-/m0/s1. The summed E-state index contributed by atoms with van der Waals surface area (Å²) in [6.07, 6.45) is 2.81. The van der Waals surface area contributed by atoms with Crippen LogP contribution in [0.25, 0.3) is 0 Å². The quantitative estimate of drug-likeness (QED) is 0.656. The van der Waals surface area contributed by atoms with Gasteiger partial charge < -0.3 is 19.7 Å². The summed E-state index contributed by atoms with van der Waals surface area (Å²) in [7, 11) is 0. The second-order valence-electron chi connectivity index (χ2n) is 9.71. The predicted octanol–water partition coefficient (Wildman–Crippen LogP) is 3.09. The number of piperidine rings is 1. The zero-order valence-corrected chi connectivity index (χ0v) is 19.2. The minimum absolute atomic E-state index is 0.00573. The van der Waals surface area contributed by atoms with Crippen LogP contribution in [0.15, 0.2) is 30.5 Å². The fourth-order valence-electron chi connectivity index (χ4n) is 5.57. The van der Waals surface area contributed by atoms with Gasteiger partial charge in [0.15, 0.2) is 0 Å². The zero-order chi connectivity index (χ0) is 23.8. The van der Waals surface area contributed by atoms with Crippen LogP contribution >= 0.6 is 0 Å². The van der Waals surface area contributed by atoms with Crippen LogP contribution in [0.1, 0.15) is 54.4 Å². The number of fused-ring (bicyclic) bond motifs is 1. The molecule has 7 nitrogen and oxygen atoms in total. The molecule has 3 heterocycles. The van der Waals surface area contributed by atoms with E-state index in [0.29, 0.717) is 43.7 Å². The lowest BCUT2D eigenvalue weighted by molar-refractivity contribution is -0.126. The monoisotopic (exact) mass is 475 g/mol. The smallest absolute Gasteiger partial charge is 0.261 e. The van der Waals surface area contributed by atoms with Gasteiger partial charge in [-0.25, -0.2) is 8.78 Å². The Bertz CT molecular complexity index is 965. The van der Waals surface area contributed by atoms with Crippen molar-refractivity contribution in [2.24, 2.45) is 0 Å². The van der Waals surface area contributed by atoms with Crippen LogP contribution < -0.4 is 10.1 Å². The summed E-state index contributed by atoms with van der Waals surface area (Å²) in [5, 5.41) is 2.76. The summed E-state index contributed by atoms with van der Waals surface area (Å²) in [5.41, 5.74) is 2.18. The zero-order valence-electron chi connectivity index (χ0n) is 19.2. The molecule has 3 aliphatic heterocycles.